The number of ketones is 1. The number of hydrogen-bond acceptors (Lipinski definition) is 5. The summed E-state index contributed by atoms with van der Waals surface area (Å²) in [5.74, 6) is -2.04. The van der Waals surface area contributed by atoms with E-state index in [2.05, 4.69) is 16.8 Å². The zero-order valence-electron chi connectivity index (χ0n) is 20.4. The fourth-order valence-electron chi connectivity index (χ4n) is 4.50. The number of fused-ring (bicyclic) bond motifs is 1. The van der Waals surface area contributed by atoms with E-state index in [0.717, 1.165) is 5.56 Å². The van der Waals surface area contributed by atoms with Crippen molar-refractivity contribution >= 4 is 28.6 Å². The van der Waals surface area contributed by atoms with Gasteiger partial charge in [-0.25, -0.2) is 9.18 Å². The normalized spacial score (nSPS) is 18.7. The highest BCUT2D eigenvalue weighted by atomic mass is 19.1. The number of hydrogen-bond donors (Lipinski definition) is 1. The van der Waals surface area contributed by atoms with Crippen molar-refractivity contribution in [2.75, 3.05) is 13.1 Å². The van der Waals surface area contributed by atoms with Gasteiger partial charge in [0.15, 0.2) is 0 Å². The summed E-state index contributed by atoms with van der Waals surface area (Å²) in [5.41, 5.74) is 2.37. The number of carbonyl (C=O) groups excluding carboxylic acids is 3. The van der Waals surface area contributed by atoms with Crippen LogP contribution >= 0.6 is 0 Å². The van der Waals surface area contributed by atoms with Crippen LogP contribution in [0, 0.1) is 5.82 Å². The van der Waals surface area contributed by atoms with Crippen LogP contribution in [-0.2, 0) is 16.1 Å². The van der Waals surface area contributed by atoms with Crippen LogP contribution < -0.4 is 0 Å². The summed E-state index contributed by atoms with van der Waals surface area (Å²) in [6, 6.07) is 11.4. The van der Waals surface area contributed by atoms with Gasteiger partial charge in [0.1, 0.15) is 5.82 Å². The number of halogens is 1. The van der Waals surface area contributed by atoms with E-state index in [1.54, 1.807) is 50.4 Å². The second kappa shape index (κ2) is 10.00. The van der Waals surface area contributed by atoms with Crippen LogP contribution in [0.3, 0.4) is 0 Å². The molecule has 8 heteroatoms. The molecule has 0 radical (unpaired) electrons. The Kier molecular flexibility index (Phi) is 7.03. The molecule has 1 aromatic heterocycles. The number of esters is 1. The molecule has 1 saturated heterocycles. The molecule has 0 spiro atoms. The zero-order chi connectivity index (χ0) is 25.3. The van der Waals surface area contributed by atoms with E-state index >= 15 is 0 Å². The van der Waals surface area contributed by atoms with Crippen molar-refractivity contribution < 1.29 is 23.5 Å². The van der Waals surface area contributed by atoms with Gasteiger partial charge in [-0.05, 0) is 63.6 Å². The molecule has 1 aliphatic heterocycles. The van der Waals surface area contributed by atoms with Gasteiger partial charge in [-0.1, -0.05) is 12.1 Å². The molecule has 1 aliphatic rings. The Hall–Kier alpha value is -3.52. The van der Waals surface area contributed by atoms with Crippen LogP contribution in [-0.4, -0.2) is 63.7 Å². The standard InChI is InChI=1S/C27H30FN3O4/c1-16(2)35-27(34)25(32)20-7-10-24-22(11-20)23(12-29-24)26(33)31-14-17(3)30(13-18(31)4)15-19-5-8-21(28)9-6-19/h5-12,16-18,29H,13-15H2,1-4H3/t17-,18+/m0/s1. The van der Waals surface area contributed by atoms with Crippen LogP contribution in [0.15, 0.2) is 48.7 Å². The lowest BCUT2D eigenvalue weighted by Gasteiger charge is -2.44. The van der Waals surface area contributed by atoms with Crippen LogP contribution in [0.4, 0.5) is 4.39 Å². The molecule has 0 aliphatic carbocycles. The molecular weight excluding hydrogens is 449 g/mol. The predicted molar refractivity (Wildman–Crippen MR) is 131 cm³/mol. The molecule has 0 saturated carbocycles. The molecule has 0 unspecified atom stereocenters. The number of piperazine rings is 1. The first-order valence-electron chi connectivity index (χ1n) is 11.8. The molecule has 1 N–H and O–H groups in total. The van der Waals surface area contributed by atoms with Crippen LogP contribution in [0.25, 0.3) is 10.9 Å². The number of rotatable bonds is 6. The number of aromatic nitrogens is 1. The number of nitrogens with zero attached hydrogens (tertiary/aromatic N) is 2. The maximum atomic E-state index is 13.6. The van der Waals surface area contributed by atoms with Crippen LogP contribution in [0.5, 0.6) is 0 Å². The maximum absolute atomic E-state index is 13.6. The maximum Gasteiger partial charge on any atom is 0.379 e. The van der Waals surface area contributed by atoms with E-state index < -0.39 is 17.9 Å². The lowest BCUT2D eigenvalue weighted by molar-refractivity contribution is -0.141. The highest BCUT2D eigenvalue weighted by Crippen LogP contribution is 2.25. The molecule has 0 bridgehead atoms. The number of nitrogens with one attached hydrogen (secondary N) is 1. The Morgan fingerprint density at radius 1 is 1.06 bits per heavy atom. The average Bonchev–Trinajstić information content (AvgIpc) is 3.24. The summed E-state index contributed by atoms with van der Waals surface area (Å²) in [4.78, 5) is 45.4. The second-order valence-corrected chi connectivity index (χ2v) is 9.46. The number of H-pyrrole nitrogens is 1. The SMILES string of the molecule is CC(C)OC(=O)C(=O)c1ccc2[nH]cc(C(=O)N3C[C@H](C)N(Cc4ccc(F)cc4)C[C@H]3C)c2c1. The summed E-state index contributed by atoms with van der Waals surface area (Å²) in [7, 11) is 0. The van der Waals surface area contributed by atoms with Gasteiger partial charge >= 0.3 is 5.97 Å². The van der Waals surface area contributed by atoms with E-state index in [0.29, 0.717) is 36.1 Å². The number of benzene rings is 2. The predicted octanol–water partition coefficient (Wildman–Crippen LogP) is 4.18. The third-order valence-electron chi connectivity index (χ3n) is 6.38. The van der Waals surface area contributed by atoms with Gasteiger partial charge in [-0.15, -0.1) is 0 Å². The Bertz CT molecular complexity index is 1250. The Morgan fingerprint density at radius 3 is 2.46 bits per heavy atom. The fourth-order valence-corrected chi connectivity index (χ4v) is 4.50. The van der Waals surface area contributed by atoms with Crippen molar-refractivity contribution in [3.05, 3.63) is 71.2 Å². The number of Topliss-reactive ketones (excluding diaryl/α,β-unsaturated/α-hetero) is 1. The van der Waals surface area contributed by atoms with E-state index in [9.17, 15) is 18.8 Å². The van der Waals surface area contributed by atoms with E-state index in [1.807, 2.05) is 11.8 Å². The first-order chi connectivity index (χ1) is 16.6. The van der Waals surface area contributed by atoms with Crippen molar-refractivity contribution in [2.45, 2.75) is 52.4 Å². The summed E-state index contributed by atoms with van der Waals surface area (Å²) in [6.07, 6.45) is 1.25. The minimum absolute atomic E-state index is 0.0464. The molecule has 184 valence electrons. The summed E-state index contributed by atoms with van der Waals surface area (Å²) in [5, 5.41) is 0.590. The van der Waals surface area contributed by atoms with E-state index in [-0.39, 0.29) is 29.4 Å². The van der Waals surface area contributed by atoms with E-state index in [4.69, 9.17) is 4.74 Å². The molecule has 3 aromatic rings. The number of amides is 1. The summed E-state index contributed by atoms with van der Waals surface area (Å²) in [6.45, 7) is 9.33. The fraction of sp³-hybridized carbons (Fsp3) is 0.370. The summed E-state index contributed by atoms with van der Waals surface area (Å²) >= 11 is 0. The van der Waals surface area contributed by atoms with Gasteiger partial charge in [-0.3, -0.25) is 14.5 Å². The van der Waals surface area contributed by atoms with Crippen molar-refractivity contribution in [3.63, 3.8) is 0 Å². The van der Waals surface area contributed by atoms with Crippen LogP contribution in [0.1, 0.15) is 54.0 Å². The molecule has 7 nitrogen and oxygen atoms in total. The van der Waals surface area contributed by atoms with Gasteiger partial charge in [0.25, 0.3) is 11.7 Å². The average molecular weight is 480 g/mol. The number of carbonyl (C=O) groups is 3. The molecule has 1 amide bonds. The van der Waals surface area contributed by atoms with Crippen molar-refractivity contribution in [1.29, 1.82) is 0 Å². The molecule has 2 heterocycles. The highest BCUT2D eigenvalue weighted by Gasteiger charge is 2.33. The van der Waals surface area contributed by atoms with Crippen molar-refractivity contribution in [3.8, 4) is 0 Å². The Morgan fingerprint density at radius 2 is 1.77 bits per heavy atom. The van der Waals surface area contributed by atoms with Gasteiger partial charge in [0.2, 0.25) is 0 Å². The number of ether oxygens (including phenoxy) is 1. The first kappa shape index (κ1) is 24.6. The lowest BCUT2D eigenvalue weighted by atomic mass is 10.0. The first-order valence-corrected chi connectivity index (χ1v) is 11.8. The molecule has 1 fully saturated rings. The van der Waals surface area contributed by atoms with Gasteiger partial charge in [0, 0.05) is 54.4 Å². The Balaban J connectivity index is 1.52. The van der Waals surface area contributed by atoms with Crippen molar-refractivity contribution in [2.24, 2.45) is 0 Å². The third kappa shape index (κ3) is 5.27. The smallest absolute Gasteiger partial charge is 0.379 e. The molecule has 35 heavy (non-hydrogen) atoms. The largest absolute Gasteiger partial charge is 0.457 e. The zero-order valence-corrected chi connectivity index (χ0v) is 20.4. The second-order valence-electron chi connectivity index (χ2n) is 9.46. The molecule has 2 aromatic carbocycles. The Labute approximate surface area is 203 Å². The highest BCUT2D eigenvalue weighted by molar-refractivity contribution is 6.41. The monoisotopic (exact) mass is 479 g/mol. The summed E-state index contributed by atoms with van der Waals surface area (Å²) < 4.78 is 18.3. The van der Waals surface area contributed by atoms with E-state index in [1.165, 1.54) is 12.1 Å². The lowest BCUT2D eigenvalue weighted by Crippen LogP contribution is -2.57. The topological polar surface area (TPSA) is 82.7 Å². The molecule has 4 rings (SSSR count). The van der Waals surface area contributed by atoms with Crippen LogP contribution in [0.2, 0.25) is 0 Å². The third-order valence-corrected chi connectivity index (χ3v) is 6.38. The number of aromatic amines is 1. The minimum Gasteiger partial charge on any atom is -0.457 e. The quantitative estimate of drug-likeness (QED) is 0.326. The molecule has 2 atom stereocenters. The molecular formula is C27H30FN3O4. The minimum atomic E-state index is -0.914. The van der Waals surface area contributed by atoms with Gasteiger partial charge in [-0.2, -0.15) is 0 Å². The van der Waals surface area contributed by atoms with Gasteiger partial charge < -0.3 is 14.6 Å². The van der Waals surface area contributed by atoms with Gasteiger partial charge in [0.05, 0.1) is 11.7 Å². The van der Waals surface area contributed by atoms with Crippen molar-refractivity contribution in [1.82, 2.24) is 14.8 Å².